The number of nitrogens with one attached hydrogen (secondary N) is 1. The van der Waals surface area contributed by atoms with Gasteiger partial charge in [0, 0.05) is 44.3 Å². The van der Waals surface area contributed by atoms with Gasteiger partial charge in [-0.05, 0) is 67.6 Å². The predicted molar refractivity (Wildman–Crippen MR) is 167 cm³/mol. The molecule has 0 bridgehead atoms. The van der Waals surface area contributed by atoms with Crippen LogP contribution in [0.15, 0.2) is 83.8 Å². The van der Waals surface area contributed by atoms with Crippen LogP contribution in [0.5, 0.6) is 0 Å². The number of hydrogen-bond acceptors (Lipinski definition) is 6. The van der Waals surface area contributed by atoms with Crippen LogP contribution < -0.4 is 5.32 Å². The Bertz CT molecular complexity index is 1480. The zero-order valence-corrected chi connectivity index (χ0v) is 25.8. The van der Waals surface area contributed by atoms with E-state index in [1.54, 1.807) is 36.4 Å². The lowest BCUT2D eigenvalue weighted by Gasteiger charge is -2.45. The number of hydrogen-bond donors (Lipinski definition) is 2. The molecule has 0 saturated carbocycles. The fourth-order valence-corrected chi connectivity index (χ4v) is 8.15. The quantitative estimate of drug-likeness (QED) is 0.346. The molecular weight excluding hydrogens is 593 g/mol. The van der Waals surface area contributed by atoms with Crippen molar-refractivity contribution in [3.8, 4) is 0 Å². The molecule has 5 rings (SSSR count). The molecule has 42 heavy (non-hydrogen) atoms. The molecule has 2 saturated heterocycles. The summed E-state index contributed by atoms with van der Waals surface area (Å²) in [6.07, 6.45) is 2.08. The second-order valence-corrected chi connectivity index (χ2v) is 14.1. The number of halogens is 2. The van der Waals surface area contributed by atoms with E-state index in [2.05, 4.69) is 10.2 Å². The Kier molecular flexibility index (Phi) is 9.92. The first-order valence-electron chi connectivity index (χ1n) is 14.4. The van der Waals surface area contributed by atoms with Crippen molar-refractivity contribution in [3.05, 3.63) is 100 Å². The highest BCUT2D eigenvalue weighted by molar-refractivity contribution is 7.91. The lowest BCUT2D eigenvalue weighted by molar-refractivity contribution is 0.0449. The van der Waals surface area contributed by atoms with Gasteiger partial charge in [-0.1, -0.05) is 65.7 Å². The zero-order valence-electron chi connectivity index (χ0n) is 23.5. The Morgan fingerprint density at radius 3 is 2.40 bits per heavy atom. The minimum absolute atomic E-state index is 0.0160. The van der Waals surface area contributed by atoms with Crippen LogP contribution in [0.4, 0.5) is 0 Å². The van der Waals surface area contributed by atoms with E-state index in [-0.39, 0.29) is 17.7 Å². The minimum Gasteiger partial charge on any atom is -0.393 e. The van der Waals surface area contributed by atoms with Gasteiger partial charge in [-0.2, -0.15) is 0 Å². The molecule has 224 valence electrons. The Balaban J connectivity index is 1.34. The first-order chi connectivity index (χ1) is 20.2. The van der Waals surface area contributed by atoms with Crippen LogP contribution in [0.25, 0.3) is 0 Å². The van der Waals surface area contributed by atoms with Gasteiger partial charge in [0.25, 0.3) is 5.91 Å². The summed E-state index contributed by atoms with van der Waals surface area (Å²) < 4.78 is 26.4. The summed E-state index contributed by atoms with van der Waals surface area (Å²) in [5.74, 6) is -0.0662. The van der Waals surface area contributed by atoms with Gasteiger partial charge in [0.2, 0.25) is 0 Å². The molecule has 7 nitrogen and oxygen atoms in total. The van der Waals surface area contributed by atoms with Gasteiger partial charge in [0.1, 0.15) is 0 Å². The smallest absolute Gasteiger partial charge is 0.253 e. The number of sulfone groups is 1. The highest BCUT2D eigenvalue weighted by atomic mass is 35.5. The number of carbonyl (C=O) groups excluding carboxylic acids is 1. The van der Waals surface area contributed by atoms with E-state index in [4.69, 9.17) is 23.2 Å². The fraction of sp³-hybridized carbons (Fsp3) is 0.406. The van der Waals surface area contributed by atoms with E-state index >= 15 is 0 Å². The largest absolute Gasteiger partial charge is 0.393 e. The molecule has 2 fully saturated rings. The Labute approximate surface area is 258 Å². The van der Waals surface area contributed by atoms with E-state index in [1.165, 1.54) is 0 Å². The van der Waals surface area contributed by atoms with Gasteiger partial charge < -0.3 is 15.3 Å². The molecule has 0 radical (unpaired) electrons. The predicted octanol–water partition coefficient (Wildman–Crippen LogP) is 5.01. The van der Waals surface area contributed by atoms with Crippen LogP contribution >= 0.6 is 23.2 Å². The van der Waals surface area contributed by atoms with Crippen LogP contribution in [0.3, 0.4) is 0 Å². The molecular formula is C32H37Cl2N3O4S. The maximum atomic E-state index is 13.4. The normalized spacial score (nSPS) is 23.5. The van der Waals surface area contributed by atoms with Crippen molar-refractivity contribution in [1.82, 2.24) is 15.1 Å². The third-order valence-electron chi connectivity index (χ3n) is 8.46. The van der Waals surface area contributed by atoms with E-state index < -0.39 is 21.5 Å². The third-order valence-corrected chi connectivity index (χ3v) is 11.0. The van der Waals surface area contributed by atoms with Crippen molar-refractivity contribution in [1.29, 1.82) is 0 Å². The third kappa shape index (κ3) is 7.18. The molecule has 3 aromatic rings. The molecule has 2 aliphatic heterocycles. The van der Waals surface area contributed by atoms with Crippen LogP contribution in [0.1, 0.15) is 41.6 Å². The van der Waals surface area contributed by atoms with E-state index in [1.807, 2.05) is 47.4 Å². The number of nitrogens with zero attached hydrogens (tertiary/aromatic N) is 2. The fourth-order valence-electron chi connectivity index (χ4n) is 6.23. The van der Waals surface area contributed by atoms with Crippen LogP contribution in [-0.4, -0.2) is 79.9 Å². The number of piperidine rings is 2. The molecule has 2 aliphatic rings. The molecule has 2 heterocycles. The highest BCUT2D eigenvalue weighted by Gasteiger charge is 2.39. The molecule has 0 spiro atoms. The topological polar surface area (TPSA) is 89.9 Å². The molecule has 3 atom stereocenters. The van der Waals surface area contributed by atoms with Crippen molar-refractivity contribution in [3.63, 3.8) is 0 Å². The number of benzene rings is 3. The summed E-state index contributed by atoms with van der Waals surface area (Å²) >= 11 is 12.7. The number of carbonyl (C=O) groups is 1. The second-order valence-electron chi connectivity index (χ2n) is 11.3. The molecule has 2 N–H and O–H groups in total. The number of rotatable bonds is 9. The summed E-state index contributed by atoms with van der Waals surface area (Å²) in [6, 6.07) is 23.1. The summed E-state index contributed by atoms with van der Waals surface area (Å²) in [5, 5.41) is 15.1. The SMILES string of the molecule is O=C(c1ccccc1)N1CCCC(NCCN2CCC(O)CC2CS(=O)(=O)c2ccccc2)(c2ccc(Cl)c(Cl)c2)C1. The van der Waals surface area contributed by atoms with E-state index in [0.717, 1.165) is 18.4 Å². The average molecular weight is 631 g/mol. The van der Waals surface area contributed by atoms with Gasteiger partial charge in [-0.15, -0.1) is 0 Å². The highest BCUT2D eigenvalue weighted by Crippen LogP contribution is 2.36. The van der Waals surface area contributed by atoms with E-state index in [9.17, 15) is 18.3 Å². The van der Waals surface area contributed by atoms with Gasteiger partial charge in [-0.3, -0.25) is 9.69 Å². The Morgan fingerprint density at radius 1 is 0.976 bits per heavy atom. The first-order valence-corrected chi connectivity index (χ1v) is 16.8. The van der Waals surface area contributed by atoms with Crippen LogP contribution in [0.2, 0.25) is 10.0 Å². The lowest BCUT2D eigenvalue weighted by Crippen LogP contribution is -2.58. The average Bonchev–Trinajstić information content (AvgIpc) is 3.00. The number of aliphatic hydroxyl groups excluding tert-OH is 1. The molecule has 0 aliphatic carbocycles. The first kappa shape index (κ1) is 31.0. The monoisotopic (exact) mass is 629 g/mol. The summed E-state index contributed by atoms with van der Waals surface area (Å²) in [4.78, 5) is 17.8. The van der Waals surface area contributed by atoms with Crippen molar-refractivity contribution in [2.24, 2.45) is 0 Å². The lowest BCUT2D eigenvalue weighted by atomic mass is 9.81. The van der Waals surface area contributed by atoms with Crippen molar-refractivity contribution in [2.75, 3.05) is 38.5 Å². The van der Waals surface area contributed by atoms with Gasteiger partial charge in [0.05, 0.1) is 32.3 Å². The Hall–Kier alpha value is -2.46. The number of aliphatic hydroxyl groups is 1. The van der Waals surface area contributed by atoms with Crippen molar-refractivity contribution < 1.29 is 18.3 Å². The maximum absolute atomic E-state index is 13.4. The Morgan fingerprint density at radius 2 is 1.69 bits per heavy atom. The van der Waals surface area contributed by atoms with Gasteiger partial charge >= 0.3 is 0 Å². The molecule has 1 amide bonds. The molecule has 3 aromatic carbocycles. The maximum Gasteiger partial charge on any atom is 0.253 e. The second kappa shape index (κ2) is 13.5. The molecule has 10 heteroatoms. The standard InChI is InChI=1S/C32H37Cl2N3O4S/c33-29-13-12-25(20-30(29)34)32(15-7-17-37(23-32)31(39)24-8-3-1-4-9-24)35-16-19-36-18-14-27(38)21-26(36)22-42(40,41)28-10-5-2-6-11-28/h1-6,8-13,20,26-27,35,38H,7,14-19,21-23H2. The van der Waals surface area contributed by atoms with E-state index in [0.29, 0.717) is 66.1 Å². The van der Waals surface area contributed by atoms with Crippen molar-refractivity contribution >= 4 is 38.9 Å². The van der Waals surface area contributed by atoms with Crippen LogP contribution in [0, 0.1) is 0 Å². The minimum atomic E-state index is -3.51. The van der Waals surface area contributed by atoms with Gasteiger partial charge in [-0.25, -0.2) is 8.42 Å². The summed E-state index contributed by atoms with van der Waals surface area (Å²) in [6.45, 7) is 2.88. The number of likely N-dealkylation sites (tertiary alicyclic amines) is 2. The van der Waals surface area contributed by atoms with Crippen molar-refractivity contribution in [2.45, 2.75) is 48.3 Å². The summed E-state index contributed by atoms with van der Waals surface area (Å²) in [5.41, 5.74) is 1.05. The molecule has 0 aromatic heterocycles. The number of amides is 1. The summed E-state index contributed by atoms with van der Waals surface area (Å²) in [7, 11) is -3.51. The van der Waals surface area contributed by atoms with Crippen LogP contribution in [-0.2, 0) is 15.4 Å². The van der Waals surface area contributed by atoms with Gasteiger partial charge in [0.15, 0.2) is 9.84 Å². The molecule has 3 unspecified atom stereocenters. The zero-order chi connectivity index (χ0) is 29.7.